The third-order valence-electron chi connectivity index (χ3n) is 4.50. The van der Waals surface area contributed by atoms with Crippen LogP contribution < -0.4 is 0 Å². The second-order valence-corrected chi connectivity index (χ2v) is 8.39. The predicted molar refractivity (Wildman–Crippen MR) is 107 cm³/mol. The number of hydrogen-bond donors (Lipinski definition) is 0. The molecule has 172 valence electrons. The third kappa shape index (κ3) is 6.04. The number of methoxy groups -OCH3 is 1. The molecule has 0 saturated heterocycles. The number of carbonyl (C=O) groups is 3. The number of rotatable bonds is 6. The summed E-state index contributed by atoms with van der Waals surface area (Å²) in [7, 11) is 1.41. The van der Waals surface area contributed by atoms with Crippen LogP contribution in [0.15, 0.2) is 12.1 Å². The molecule has 0 aromatic carbocycles. The van der Waals surface area contributed by atoms with Crippen LogP contribution in [0.1, 0.15) is 46.1 Å². The minimum absolute atomic E-state index is 0.0129. The standard InChI is InChI=1S/C20H26ClFN2O7/c1-6-29-16(25)17(26)30-20(13-7-8-14(21)23-15(13)22)9-12(10-20)24(11-28-5)18(27)31-19(2,3)4/h7-8,12H,6,9-11H2,1-5H3. The average molecular weight is 461 g/mol. The van der Waals surface area contributed by atoms with Crippen molar-refractivity contribution in [3.8, 4) is 0 Å². The lowest BCUT2D eigenvalue weighted by Crippen LogP contribution is -2.58. The molecule has 1 aromatic rings. The molecular formula is C20H26ClFN2O7. The zero-order chi connectivity index (χ0) is 23.4. The number of amides is 1. The molecule has 1 amide bonds. The molecule has 2 rings (SSSR count). The maximum atomic E-state index is 14.6. The summed E-state index contributed by atoms with van der Waals surface area (Å²) in [6, 6.07) is 2.15. The number of halogens is 2. The third-order valence-corrected chi connectivity index (χ3v) is 4.71. The van der Waals surface area contributed by atoms with Gasteiger partial charge in [0.15, 0.2) is 0 Å². The lowest BCUT2D eigenvalue weighted by Gasteiger charge is -2.50. The number of aromatic nitrogens is 1. The van der Waals surface area contributed by atoms with Gasteiger partial charge in [0.25, 0.3) is 0 Å². The molecule has 1 aliphatic carbocycles. The number of nitrogens with zero attached hydrogens (tertiary/aromatic N) is 2. The van der Waals surface area contributed by atoms with Gasteiger partial charge in [0, 0.05) is 26.0 Å². The lowest BCUT2D eigenvalue weighted by molar-refractivity contribution is -0.193. The van der Waals surface area contributed by atoms with Crippen LogP contribution in [0.25, 0.3) is 0 Å². The van der Waals surface area contributed by atoms with Crippen molar-refractivity contribution in [2.24, 2.45) is 0 Å². The summed E-state index contributed by atoms with van der Waals surface area (Å²) in [6.45, 7) is 6.57. The Kier molecular flexibility index (Phi) is 7.82. The Bertz CT molecular complexity index is 837. The Balaban J connectivity index is 2.31. The van der Waals surface area contributed by atoms with Crippen LogP contribution in [-0.2, 0) is 34.1 Å². The number of hydrogen-bond acceptors (Lipinski definition) is 8. The molecule has 1 aliphatic rings. The van der Waals surface area contributed by atoms with E-state index in [1.54, 1.807) is 20.8 Å². The molecule has 0 spiro atoms. The van der Waals surface area contributed by atoms with Gasteiger partial charge in [0.05, 0.1) is 12.2 Å². The van der Waals surface area contributed by atoms with Crippen LogP contribution in [0.4, 0.5) is 9.18 Å². The van der Waals surface area contributed by atoms with E-state index in [1.807, 2.05) is 0 Å². The van der Waals surface area contributed by atoms with Crippen LogP contribution in [0.2, 0.25) is 5.15 Å². The van der Waals surface area contributed by atoms with E-state index in [0.717, 1.165) is 0 Å². The number of ether oxygens (including phenoxy) is 4. The summed E-state index contributed by atoms with van der Waals surface area (Å²) in [5.41, 5.74) is -2.34. The van der Waals surface area contributed by atoms with Crippen LogP contribution in [0.5, 0.6) is 0 Å². The molecule has 1 fully saturated rings. The van der Waals surface area contributed by atoms with E-state index in [0.29, 0.717) is 0 Å². The van der Waals surface area contributed by atoms with Gasteiger partial charge in [-0.05, 0) is 39.8 Å². The van der Waals surface area contributed by atoms with Crippen molar-refractivity contribution in [2.45, 2.75) is 57.8 Å². The summed E-state index contributed by atoms with van der Waals surface area (Å²) in [6.07, 6.45) is -0.665. The van der Waals surface area contributed by atoms with Crippen molar-refractivity contribution in [2.75, 3.05) is 20.4 Å². The molecule has 9 nitrogen and oxygen atoms in total. The molecule has 1 heterocycles. The van der Waals surface area contributed by atoms with Crippen molar-refractivity contribution >= 4 is 29.6 Å². The molecule has 0 N–H and O–H groups in total. The smallest absolute Gasteiger partial charge is 0.418 e. The van der Waals surface area contributed by atoms with E-state index >= 15 is 0 Å². The highest BCUT2D eigenvalue weighted by Gasteiger charge is 2.55. The van der Waals surface area contributed by atoms with Crippen LogP contribution in [0.3, 0.4) is 0 Å². The van der Waals surface area contributed by atoms with Gasteiger partial charge < -0.3 is 18.9 Å². The largest absolute Gasteiger partial charge is 0.458 e. The van der Waals surface area contributed by atoms with E-state index in [-0.39, 0.29) is 36.9 Å². The Hall–Kier alpha value is -2.46. The first-order chi connectivity index (χ1) is 14.4. The van der Waals surface area contributed by atoms with Gasteiger partial charge in [0.2, 0.25) is 5.95 Å². The average Bonchev–Trinajstić information content (AvgIpc) is 2.61. The van der Waals surface area contributed by atoms with Crippen LogP contribution >= 0.6 is 11.6 Å². The fourth-order valence-corrected chi connectivity index (χ4v) is 3.35. The maximum absolute atomic E-state index is 14.6. The molecule has 0 radical (unpaired) electrons. The van der Waals surface area contributed by atoms with Crippen LogP contribution in [-0.4, -0.2) is 60.0 Å². The number of pyridine rings is 1. The molecule has 1 saturated carbocycles. The molecule has 0 aliphatic heterocycles. The molecule has 31 heavy (non-hydrogen) atoms. The minimum atomic E-state index is -1.54. The summed E-state index contributed by atoms with van der Waals surface area (Å²) in [4.78, 5) is 41.5. The molecule has 0 bridgehead atoms. The van der Waals surface area contributed by atoms with Gasteiger partial charge in [-0.2, -0.15) is 4.39 Å². The first-order valence-electron chi connectivity index (χ1n) is 9.63. The van der Waals surface area contributed by atoms with Crippen molar-refractivity contribution < 1.29 is 37.7 Å². The molecule has 1 aromatic heterocycles. The summed E-state index contributed by atoms with van der Waals surface area (Å²) in [5, 5.41) is -0.0845. The second-order valence-electron chi connectivity index (χ2n) is 8.01. The second kappa shape index (κ2) is 9.78. The lowest BCUT2D eigenvalue weighted by atomic mass is 9.70. The Labute approximate surface area is 184 Å². The van der Waals surface area contributed by atoms with Crippen LogP contribution in [0, 0.1) is 5.95 Å². The summed E-state index contributed by atoms with van der Waals surface area (Å²) in [5.74, 6) is -3.42. The minimum Gasteiger partial charge on any atom is -0.458 e. The normalized spacial score (nSPS) is 20.4. The van der Waals surface area contributed by atoms with Gasteiger partial charge in [-0.3, -0.25) is 4.90 Å². The molecular weight excluding hydrogens is 435 g/mol. The first kappa shape index (κ1) is 24.8. The quantitative estimate of drug-likeness (QED) is 0.209. The van der Waals surface area contributed by atoms with E-state index in [2.05, 4.69) is 9.72 Å². The van der Waals surface area contributed by atoms with Crippen molar-refractivity contribution in [1.29, 1.82) is 0 Å². The first-order valence-corrected chi connectivity index (χ1v) is 10.0. The zero-order valence-electron chi connectivity index (χ0n) is 18.1. The Morgan fingerprint density at radius 3 is 2.42 bits per heavy atom. The molecule has 0 unspecified atom stereocenters. The van der Waals surface area contributed by atoms with Gasteiger partial charge in [0.1, 0.15) is 23.1 Å². The van der Waals surface area contributed by atoms with Gasteiger partial charge in [-0.1, -0.05) is 11.6 Å². The predicted octanol–water partition coefficient (Wildman–Crippen LogP) is 3.18. The van der Waals surface area contributed by atoms with Gasteiger partial charge in [-0.25, -0.2) is 19.4 Å². The summed E-state index contributed by atoms with van der Waals surface area (Å²) >= 11 is 5.73. The highest BCUT2D eigenvalue weighted by molar-refractivity contribution is 6.30. The number of esters is 2. The molecule has 11 heteroatoms. The monoisotopic (exact) mass is 460 g/mol. The topological polar surface area (TPSA) is 104 Å². The summed E-state index contributed by atoms with van der Waals surface area (Å²) < 4.78 is 35.1. The molecule has 0 atom stereocenters. The Morgan fingerprint density at radius 2 is 1.90 bits per heavy atom. The van der Waals surface area contributed by atoms with Gasteiger partial charge in [-0.15, -0.1) is 0 Å². The fourth-order valence-electron chi connectivity index (χ4n) is 3.21. The highest BCUT2D eigenvalue weighted by atomic mass is 35.5. The Morgan fingerprint density at radius 1 is 1.26 bits per heavy atom. The van der Waals surface area contributed by atoms with E-state index < -0.39 is 41.2 Å². The van der Waals surface area contributed by atoms with E-state index in [9.17, 15) is 18.8 Å². The SMILES string of the molecule is CCOC(=O)C(=O)OC1(c2ccc(Cl)nc2F)CC(N(COC)C(=O)OC(C)(C)C)C1. The van der Waals surface area contributed by atoms with Crippen molar-refractivity contribution in [1.82, 2.24) is 9.88 Å². The van der Waals surface area contributed by atoms with Crippen molar-refractivity contribution in [3.05, 3.63) is 28.8 Å². The maximum Gasteiger partial charge on any atom is 0.418 e. The number of carbonyl (C=O) groups excluding carboxylic acids is 3. The highest BCUT2D eigenvalue weighted by Crippen LogP contribution is 2.48. The van der Waals surface area contributed by atoms with Crippen molar-refractivity contribution in [3.63, 3.8) is 0 Å². The van der Waals surface area contributed by atoms with E-state index in [4.69, 9.17) is 25.8 Å². The zero-order valence-corrected chi connectivity index (χ0v) is 18.8. The van der Waals surface area contributed by atoms with Gasteiger partial charge >= 0.3 is 18.0 Å². The fraction of sp³-hybridized carbons (Fsp3) is 0.600. The van der Waals surface area contributed by atoms with E-state index in [1.165, 1.54) is 31.1 Å².